The smallest absolute Gasteiger partial charge is 0.269 e. The van der Waals surface area contributed by atoms with Crippen molar-refractivity contribution in [1.29, 1.82) is 0 Å². The van der Waals surface area contributed by atoms with Crippen molar-refractivity contribution >= 4 is 46.2 Å². The average Bonchev–Trinajstić information content (AvgIpc) is 2.89. The molecular formula is C20H16ClNO4. The summed E-state index contributed by atoms with van der Waals surface area (Å²) in [5.74, 6) is -0.711. The van der Waals surface area contributed by atoms with Crippen LogP contribution in [-0.4, -0.2) is 24.7 Å². The maximum atomic E-state index is 13.0. The van der Waals surface area contributed by atoms with Gasteiger partial charge in [0.15, 0.2) is 5.78 Å². The summed E-state index contributed by atoms with van der Waals surface area (Å²) in [7, 11) is 1.45. The Morgan fingerprint density at radius 1 is 1.00 bits per heavy atom. The fourth-order valence-corrected chi connectivity index (χ4v) is 3.11. The standard InChI is InChI=1S/C20H16ClNO4/c1-11(23)14-6-9-17-16(10-14)18(20(25)22(17)12(2)24)19(26-3)13-4-7-15(21)8-5-13/h4-10H,1-3H3. The van der Waals surface area contributed by atoms with Crippen molar-refractivity contribution in [3.8, 4) is 0 Å². The van der Waals surface area contributed by atoms with E-state index < -0.39 is 11.8 Å². The predicted octanol–water partition coefficient (Wildman–Crippen LogP) is 3.95. The zero-order chi connectivity index (χ0) is 19.0. The van der Waals surface area contributed by atoms with Crippen LogP contribution in [0.25, 0.3) is 11.3 Å². The first kappa shape index (κ1) is 17.9. The van der Waals surface area contributed by atoms with Crippen molar-refractivity contribution < 1.29 is 19.1 Å². The second kappa shape index (κ2) is 6.77. The van der Waals surface area contributed by atoms with Crippen molar-refractivity contribution in [3.05, 3.63) is 64.2 Å². The van der Waals surface area contributed by atoms with Crippen molar-refractivity contribution in [3.63, 3.8) is 0 Å². The molecule has 0 aliphatic carbocycles. The van der Waals surface area contributed by atoms with Gasteiger partial charge in [-0.2, -0.15) is 0 Å². The van der Waals surface area contributed by atoms with Gasteiger partial charge in [-0.1, -0.05) is 11.6 Å². The Balaban J connectivity index is 2.31. The van der Waals surface area contributed by atoms with E-state index in [9.17, 15) is 14.4 Å². The van der Waals surface area contributed by atoms with Gasteiger partial charge in [0, 0.05) is 28.6 Å². The SMILES string of the molecule is COC(=C1C(=O)N(C(C)=O)c2ccc(C(C)=O)cc21)c1ccc(Cl)cc1. The van der Waals surface area contributed by atoms with E-state index in [4.69, 9.17) is 16.3 Å². The van der Waals surface area contributed by atoms with Gasteiger partial charge in [-0.3, -0.25) is 14.4 Å². The van der Waals surface area contributed by atoms with E-state index in [-0.39, 0.29) is 11.4 Å². The van der Waals surface area contributed by atoms with E-state index in [2.05, 4.69) is 0 Å². The summed E-state index contributed by atoms with van der Waals surface area (Å²) in [6.07, 6.45) is 0. The Morgan fingerprint density at radius 2 is 1.62 bits per heavy atom. The molecule has 0 unspecified atom stereocenters. The lowest BCUT2D eigenvalue weighted by Crippen LogP contribution is -2.31. The third-order valence-corrected chi connectivity index (χ3v) is 4.43. The molecule has 6 heteroatoms. The van der Waals surface area contributed by atoms with Gasteiger partial charge in [-0.05, 0) is 49.4 Å². The van der Waals surface area contributed by atoms with Crippen LogP contribution in [0.2, 0.25) is 5.02 Å². The number of benzene rings is 2. The van der Waals surface area contributed by atoms with E-state index >= 15 is 0 Å². The fraction of sp³-hybridized carbons (Fsp3) is 0.150. The lowest BCUT2D eigenvalue weighted by molar-refractivity contribution is -0.122. The Hall–Kier alpha value is -2.92. The first-order valence-electron chi connectivity index (χ1n) is 7.89. The molecule has 1 aliphatic heterocycles. The van der Waals surface area contributed by atoms with Crippen LogP contribution in [0.3, 0.4) is 0 Å². The van der Waals surface area contributed by atoms with E-state index in [1.807, 2.05) is 0 Å². The molecule has 1 heterocycles. The lowest BCUT2D eigenvalue weighted by Gasteiger charge is -2.12. The van der Waals surface area contributed by atoms with Crippen LogP contribution in [0.15, 0.2) is 42.5 Å². The molecule has 0 saturated heterocycles. The van der Waals surface area contributed by atoms with Crippen LogP contribution in [0.5, 0.6) is 0 Å². The highest BCUT2D eigenvalue weighted by Gasteiger charge is 2.38. The number of fused-ring (bicyclic) bond motifs is 1. The van der Waals surface area contributed by atoms with Crippen LogP contribution >= 0.6 is 11.6 Å². The number of nitrogens with zero attached hydrogens (tertiary/aromatic N) is 1. The number of methoxy groups -OCH3 is 1. The van der Waals surface area contributed by atoms with Gasteiger partial charge in [0.2, 0.25) is 5.91 Å². The topological polar surface area (TPSA) is 63.7 Å². The van der Waals surface area contributed by atoms with Crippen molar-refractivity contribution in [2.75, 3.05) is 12.0 Å². The van der Waals surface area contributed by atoms with Gasteiger partial charge in [0.1, 0.15) is 5.76 Å². The van der Waals surface area contributed by atoms with E-state index in [1.54, 1.807) is 42.5 Å². The van der Waals surface area contributed by atoms with Crippen molar-refractivity contribution in [1.82, 2.24) is 0 Å². The molecule has 0 radical (unpaired) electrons. The number of hydrogen-bond donors (Lipinski definition) is 0. The quantitative estimate of drug-likeness (QED) is 0.467. The average molecular weight is 370 g/mol. The molecule has 3 rings (SSSR count). The molecule has 0 N–H and O–H groups in total. The van der Waals surface area contributed by atoms with Crippen molar-refractivity contribution in [2.24, 2.45) is 0 Å². The number of Topliss-reactive ketones (excluding diaryl/α,β-unsaturated/α-hetero) is 1. The molecule has 2 aromatic rings. The van der Waals surface area contributed by atoms with Crippen molar-refractivity contribution in [2.45, 2.75) is 13.8 Å². The fourth-order valence-electron chi connectivity index (χ4n) is 2.98. The zero-order valence-electron chi connectivity index (χ0n) is 14.5. The second-order valence-corrected chi connectivity index (χ2v) is 6.30. The number of rotatable bonds is 3. The minimum atomic E-state index is -0.486. The summed E-state index contributed by atoms with van der Waals surface area (Å²) in [5, 5.41) is 0.552. The monoisotopic (exact) mass is 369 g/mol. The number of halogens is 1. The number of ketones is 1. The Kier molecular flexibility index (Phi) is 4.66. The number of ether oxygens (including phenoxy) is 1. The number of amides is 2. The van der Waals surface area contributed by atoms with Crippen LogP contribution < -0.4 is 4.90 Å². The molecule has 0 spiro atoms. The largest absolute Gasteiger partial charge is 0.495 e. The van der Waals surface area contributed by atoms with Crippen LogP contribution in [0, 0.1) is 0 Å². The predicted molar refractivity (Wildman–Crippen MR) is 99.9 cm³/mol. The number of imide groups is 1. The molecule has 1 aliphatic rings. The molecule has 26 heavy (non-hydrogen) atoms. The maximum absolute atomic E-state index is 13.0. The van der Waals surface area contributed by atoms with E-state index in [0.29, 0.717) is 33.2 Å². The van der Waals surface area contributed by atoms with Gasteiger partial charge in [0.25, 0.3) is 5.91 Å². The second-order valence-electron chi connectivity index (χ2n) is 5.86. The third-order valence-electron chi connectivity index (χ3n) is 4.18. The van der Waals surface area contributed by atoms with Crippen LogP contribution in [0.1, 0.15) is 35.3 Å². The molecule has 0 fully saturated rings. The zero-order valence-corrected chi connectivity index (χ0v) is 15.3. The molecular weight excluding hydrogens is 354 g/mol. The van der Waals surface area contributed by atoms with E-state index in [0.717, 1.165) is 4.90 Å². The van der Waals surface area contributed by atoms with Gasteiger partial charge in [0.05, 0.1) is 18.4 Å². The Morgan fingerprint density at radius 3 is 2.15 bits per heavy atom. The van der Waals surface area contributed by atoms with Crippen LogP contribution in [0.4, 0.5) is 5.69 Å². The third kappa shape index (κ3) is 2.91. The highest BCUT2D eigenvalue weighted by atomic mass is 35.5. The first-order chi connectivity index (χ1) is 12.3. The summed E-state index contributed by atoms with van der Waals surface area (Å²) in [5.41, 5.74) is 2.26. The molecule has 5 nitrogen and oxygen atoms in total. The summed E-state index contributed by atoms with van der Waals surface area (Å²) in [4.78, 5) is 37.9. The molecule has 2 amide bonds. The van der Waals surface area contributed by atoms with Gasteiger partial charge >= 0.3 is 0 Å². The van der Waals surface area contributed by atoms with Gasteiger partial charge in [-0.25, -0.2) is 4.90 Å². The van der Waals surface area contributed by atoms with Crippen LogP contribution in [-0.2, 0) is 14.3 Å². The molecule has 0 saturated carbocycles. The number of carbonyl (C=O) groups is 3. The Labute approximate surface area is 155 Å². The summed E-state index contributed by atoms with van der Waals surface area (Å²) < 4.78 is 5.51. The first-order valence-corrected chi connectivity index (χ1v) is 8.27. The minimum absolute atomic E-state index is 0.133. The molecule has 0 aromatic heterocycles. The normalized spacial score (nSPS) is 14.9. The summed E-state index contributed by atoms with van der Waals surface area (Å²) in [6, 6.07) is 11.6. The highest BCUT2D eigenvalue weighted by molar-refractivity contribution is 6.43. The summed E-state index contributed by atoms with van der Waals surface area (Å²) >= 11 is 5.94. The van der Waals surface area contributed by atoms with E-state index in [1.165, 1.54) is 21.0 Å². The molecule has 0 bridgehead atoms. The maximum Gasteiger partial charge on any atom is 0.269 e. The molecule has 2 aromatic carbocycles. The number of carbonyl (C=O) groups excluding carboxylic acids is 3. The lowest BCUT2D eigenvalue weighted by atomic mass is 9.99. The van der Waals surface area contributed by atoms with Gasteiger partial charge < -0.3 is 4.74 Å². The Bertz CT molecular complexity index is 960. The summed E-state index contributed by atoms with van der Waals surface area (Å²) in [6.45, 7) is 2.76. The number of hydrogen-bond acceptors (Lipinski definition) is 4. The molecule has 0 atom stereocenters. The van der Waals surface area contributed by atoms with Gasteiger partial charge in [-0.15, -0.1) is 0 Å². The minimum Gasteiger partial charge on any atom is -0.495 e. The number of anilines is 1. The highest BCUT2D eigenvalue weighted by Crippen LogP contribution is 2.41. The molecule has 132 valence electrons.